The molecule has 0 N–H and O–H groups in total. The van der Waals surface area contributed by atoms with Gasteiger partial charge in [0.2, 0.25) is 0 Å². The highest BCUT2D eigenvalue weighted by atomic mass is 79.9. The summed E-state index contributed by atoms with van der Waals surface area (Å²) in [5.74, 6) is -1.05. The topological polar surface area (TPSA) is 76.3 Å². The van der Waals surface area contributed by atoms with Crippen molar-refractivity contribution in [1.82, 2.24) is 10.3 Å². The van der Waals surface area contributed by atoms with Crippen LogP contribution in [0.25, 0.3) is 0 Å². The second kappa shape index (κ2) is 4.52. The molecule has 0 bridgehead atoms. The fourth-order valence-electron chi connectivity index (χ4n) is 2.30. The normalized spacial score (nSPS) is 14.1. The van der Waals surface area contributed by atoms with E-state index in [-0.39, 0.29) is 6.54 Å². The standard InChI is InChI=1S/C13H10BrN3O3/c1-6-3-8(14)4-9-11(6)17(13(19)12(9)18)5-10-7(2)15-20-16-10/h3-4H,5H2,1-2H3. The lowest BCUT2D eigenvalue weighted by Crippen LogP contribution is -2.29. The van der Waals surface area contributed by atoms with Crippen LogP contribution in [-0.4, -0.2) is 22.0 Å². The van der Waals surface area contributed by atoms with E-state index in [1.165, 1.54) is 4.90 Å². The SMILES string of the molecule is Cc1cc(Br)cc2c1N(Cc1nonc1C)C(=O)C2=O. The highest BCUT2D eigenvalue weighted by Gasteiger charge is 2.37. The molecule has 1 amide bonds. The number of nitrogens with zero attached hydrogens (tertiary/aromatic N) is 3. The van der Waals surface area contributed by atoms with Gasteiger partial charge in [-0.25, -0.2) is 4.63 Å². The summed E-state index contributed by atoms with van der Waals surface area (Å²) in [6.07, 6.45) is 0. The van der Waals surface area contributed by atoms with E-state index >= 15 is 0 Å². The Balaban J connectivity index is 2.09. The van der Waals surface area contributed by atoms with Crippen molar-refractivity contribution in [2.24, 2.45) is 0 Å². The molecule has 0 aliphatic carbocycles. The van der Waals surface area contributed by atoms with Crippen LogP contribution in [0, 0.1) is 13.8 Å². The van der Waals surface area contributed by atoms with Crippen molar-refractivity contribution in [3.05, 3.63) is 39.1 Å². The Kier molecular flexibility index (Phi) is 2.93. The Hall–Kier alpha value is -2.02. The Morgan fingerprint density at radius 3 is 2.65 bits per heavy atom. The van der Waals surface area contributed by atoms with Gasteiger partial charge in [0, 0.05) is 4.47 Å². The van der Waals surface area contributed by atoms with E-state index in [9.17, 15) is 9.59 Å². The van der Waals surface area contributed by atoms with Gasteiger partial charge in [-0.05, 0) is 31.5 Å². The lowest BCUT2D eigenvalue weighted by atomic mass is 10.1. The van der Waals surface area contributed by atoms with Crippen molar-refractivity contribution in [3.8, 4) is 0 Å². The summed E-state index contributed by atoms with van der Waals surface area (Å²) < 4.78 is 5.40. The molecule has 0 radical (unpaired) electrons. The maximum absolute atomic E-state index is 12.1. The Labute approximate surface area is 122 Å². The van der Waals surface area contributed by atoms with Crippen molar-refractivity contribution >= 4 is 33.3 Å². The molecule has 1 aliphatic rings. The van der Waals surface area contributed by atoms with E-state index in [4.69, 9.17) is 0 Å². The smallest absolute Gasteiger partial charge is 0.298 e. The Bertz CT molecular complexity index is 738. The van der Waals surface area contributed by atoms with E-state index in [1.807, 2.05) is 13.0 Å². The van der Waals surface area contributed by atoms with Crippen molar-refractivity contribution in [3.63, 3.8) is 0 Å². The summed E-state index contributed by atoms with van der Waals surface area (Å²) in [5, 5.41) is 7.44. The van der Waals surface area contributed by atoms with E-state index in [0.717, 1.165) is 10.0 Å². The van der Waals surface area contributed by atoms with Gasteiger partial charge in [-0.3, -0.25) is 14.5 Å². The van der Waals surface area contributed by atoms with Crippen molar-refractivity contribution in [2.45, 2.75) is 20.4 Å². The lowest BCUT2D eigenvalue weighted by Gasteiger charge is -2.17. The molecule has 0 unspecified atom stereocenters. The molecular weight excluding hydrogens is 326 g/mol. The number of aromatic nitrogens is 2. The molecule has 0 spiro atoms. The van der Waals surface area contributed by atoms with Crippen molar-refractivity contribution < 1.29 is 14.2 Å². The van der Waals surface area contributed by atoms with Crippen LogP contribution < -0.4 is 4.90 Å². The maximum atomic E-state index is 12.1. The first-order chi connectivity index (χ1) is 9.49. The zero-order chi connectivity index (χ0) is 14.4. The van der Waals surface area contributed by atoms with Gasteiger partial charge in [0.05, 0.1) is 17.8 Å². The zero-order valence-corrected chi connectivity index (χ0v) is 12.4. The van der Waals surface area contributed by atoms with E-state index < -0.39 is 11.7 Å². The first kappa shape index (κ1) is 13.0. The summed E-state index contributed by atoms with van der Waals surface area (Å²) in [6, 6.07) is 3.53. The van der Waals surface area contributed by atoms with Crippen LogP contribution in [0.2, 0.25) is 0 Å². The molecule has 0 saturated carbocycles. The number of benzene rings is 1. The predicted molar refractivity (Wildman–Crippen MR) is 73.4 cm³/mol. The van der Waals surface area contributed by atoms with Crippen LogP contribution in [0.5, 0.6) is 0 Å². The predicted octanol–water partition coefficient (Wildman–Crippen LogP) is 2.18. The average molecular weight is 336 g/mol. The molecule has 0 atom stereocenters. The van der Waals surface area contributed by atoms with Gasteiger partial charge in [0.15, 0.2) is 0 Å². The van der Waals surface area contributed by atoms with Gasteiger partial charge in [-0.2, -0.15) is 0 Å². The second-order valence-corrected chi connectivity index (χ2v) is 5.55. The second-order valence-electron chi connectivity index (χ2n) is 4.64. The van der Waals surface area contributed by atoms with Gasteiger partial charge in [-0.1, -0.05) is 26.2 Å². The van der Waals surface area contributed by atoms with Crippen molar-refractivity contribution in [1.29, 1.82) is 0 Å². The number of anilines is 1. The molecule has 6 nitrogen and oxygen atoms in total. The summed E-state index contributed by atoms with van der Waals surface area (Å²) in [5.41, 5.74) is 3.04. The summed E-state index contributed by atoms with van der Waals surface area (Å²) in [6.45, 7) is 3.77. The van der Waals surface area contributed by atoms with Crippen molar-refractivity contribution in [2.75, 3.05) is 4.90 Å². The van der Waals surface area contributed by atoms with Gasteiger partial charge in [0.1, 0.15) is 11.4 Å². The number of aryl methyl sites for hydroxylation is 2. The Morgan fingerprint density at radius 2 is 2.00 bits per heavy atom. The number of hydrogen-bond acceptors (Lipinski definition) is 5. The number of carbonyl (C=O) groups is 2. The molecule has 2 aromatic rings. The molecule has 0 fully saturated rings. The number of ketones is 1. The van der Waals surface area contributed by atoms with Crippen LogP contribution in [0.1, 0.15) is 27.3 Å². The first-order valence-corrected chi connectivity index (χ1v) is 6.72. The summed E-state index contributed by atoms with van der Waals surface area (Å²) >= 11 is 3.34. The quantitative estimate of drug-likeness (QED) is 0.786. The number of carbonyl (C=O) groups excluding carboxylic acids is 2. The molecule has 0 saturated heterocycles. The number of amides is 1. The third-order valence-corrected chi connectivity index (χ3v) is 3.73. The highest BCUT2D eigenvalue weighted by Crippen LogP contribution is 2.35. The molecule has 102 valence electrons. The summed E-state index contributed by atoms with van der Waals surface area (Å²) in [4.78, 5) is 25.6. The third-order valence-electron chi connectivity index (χ3n) is 3.27. The molecule has 2 heterocycles. The molecule has 3 rings (SSSR count). The number of hydrogen-bond donors (Lipinski definition) is 0. The van der Waals surface area contributed by atoms with Gasteiger partial charge in [-0.15, -0.1) is 0 Å². The zero-order valence-electron chi connectivity index (χ0n) is 10.8. The minimum absolute atomic E-state index is 0.176. The molecule has 1 aromatic carbocycles. The molecule has 20 heavy (non-hydrogen) atoms. The van der Waals surface area contributed by atoms with Gasteiger partial charge >= 0.3 is 0 Å². The molecule has 1 aromatic heterocycles. The minimum Gasteiger partial charge on any atom is -0.298 e. The lowest BCUT2D eigenvalue weighted by molar-refractivity contribution is -0.114. The number of Topliss-reactive ketones (excluding diaryl/α,β-unsaturated/α-hetero) is 1. The number of rotatable bonds is 2. The van der Waals surface area contributed by atoms with Crippen LogP contribution in [0.4, 0.5) is 5.69 Å². The van der Waals surface area contributed by atoms with E-state index in [1.54, 1.807) is 13.0 Å². The molecule has 1 aliphatic heterocycles. The van der Waals surface area contributed by atoms with Crippen LogP contribution in [-0.2, 0) is 11.3 Å². The first-order valence-electron chi connectivity index (χ1n) is 5.93. The fraction of sp³-hybridized carbons (Fsp3) is 0.231. The minimum atomic E-state index is -0.552. The van der Waals surface area contributed by atoms with Gasteiger partial charge in [0.25, 0.3) is 11.7 Å². The number of fused-ring (bicyclic) bond motifs is 1. The van der Waals surface area contributed by atoms with Crippen LogP contribution >= 0.6 is 15.9 Å². The van der Waals surface area contributed by atoms with Gasteiger partial charge < -0.3 is 0 Å². The van der Waals surface area contributed by atoms with Crippen LogP contribution in [0.15, 0.2) is 21.2 Å². The average Bonchev–Trinajstić information content (AvgIpc) is 2.88. The molecular formula is C13H10BrN3O3. The Morgan fingerprint density at radius 1 is 1.25 bits per heavy atom. The molecule has 7 heteroatoms. The third kappa shape index (κ3) is 1.85. The summed E-state index contributed by atoms with van der Waals surface area (Å²) in [7, 11) is 0. The monoisotopic (exact) mass is 335 g/mol. The highest BCUT2D eigenvalue weighted by molar-refractivity contribution is 9.10. The largest absolute Gasteiger partial charge is 0.299 e. The van der Waals surface area contributed by atoms with E-state index in [2.05, 4.69) is 30.9 Å². The maximum Gasteiger partial charge on any atom is 0.299 e. The fourth-order valence-corrected chi connectivity index (χ4v) is 2.87. The van der Waals surface area contributed by atoms with E-state index in [0.29, 0.717) is 22.6 Å². The number of halogens is 1. The van der Waals surface area contributed by atoms with Crippen LogP contribution in [0.3, 0.4) is 0 Å².